The van der Waals surface area contributed by atoms with Crippen molar-refractivity contribution < 1.29 is 9.90 Å². The van der Waals surface area contributed by atoms with Crippen LogP contribution in [-0.4, -0.2) is 28.7 Å². The SMILES string of the molecule is CCCCN1C(=O)C2=C(CCCC2)[C@@H]1O. The van der Waals surface area contributed by atoms with Crippen LogP contribution in [0.15, 0.2) is 11.1 Å². The van der Waals surface area contributed by atoms with Crippen molar-refractivity contribution in [3.8, 4) is 0 Å². The predicted molar refractivity (Wildman–Crippen MR) is 58.1 cm³/mol. The number of amides is 1. The monoisotopic (exact) mass is 209 g/mol. The maximum absolute atomic E-state index is 12.0. The molecule has 1 N–H and O–H groups in total. The van der Waals surface area contributed by atoms with Crippen molar-refractivity contribution in [2.24, 2.45) is 0 Å². The largest absolute Gasteiger partial charge is 0.369 e. The molecule has 3 heteroatoms. The summed E-state index contributed by atoms with van der Waals surface area (Å²) in [4.78, 5) is 13.6. The first-order valence-corrected chi connectivity index (χ1v) is 5.96. The Morgan fingerprint density at radius 3 is 2.80 bits per heavy atom. The van der Waals surface area contributed by atoms with E-state index in [0.29, 0.717) is 6.54 Å². The minimum atomic E-state index is -0.612. The molecule has 0 radical (unpaired) electrons. The first kappa shape index (κ1) is 10.7. The van der Waals surface area contributed by atoms with Crippen LogP contribution in [0.3, 0.4) is 0 Å². The second-order valence-electron chi connectivity index (χ2n) is 4.44. The van der Waals surface area contributed by atoms with Gasteiger partial charge in [-0.05, 0) is 37.7 Å². The lowest BCUT2D eigenvalue weighted by atomic mass is 9.93. The zero-order chi connectivity index (χ0) is 10.8. The van der Waals surface area contributed by atoms with Crippen molar-refractivity contribution in [2.75, 3.05) is 6.54 Å². The van der Waals surface area contributed by atoms with Gasteiger partial charge >= 0.3 is 0 Å². The summed E-state index contributed by atoms with van der Waals surface area (Å²) in [6.07, 6.45) is 5.41. The molecule has 3 nitrogen and oxygen atoms in total. The Bertz CT molecular complexity index is 296. The number of aliphatic hydroxyl groups excluding tert-OH is 1. The van der Waals surface area contributed by atoms with Crippen molar-refractivity contribution >= 4 is 5.91 Å². The average Bonchev–Trinajstić information content (AvgIpc) is 2.51. The van der Waals surface area contributed by atoms with Crippen molar-refractivity contribution in [1.29, 1.82) is 0 Å². The molecule has 0 aromatic rings. The van der Waals surface area contributed by atoms with Crippen LogP contribution in [0.5, 0.6) is 0 Å². The summed E-state index contributed by atoms with van der Waals surface area (Å²) in [5, 5.41) is 10.0. The summed E-state index contributed by atoms with van der Waals surface area (Å²) in [6.45, 7) is 2.80. The Morgan fingerprint density at radius 2 is 2.13 bits per heavy atom. The van der Waals surface area contributed by atoms with Gasteiger partial charge in [0, 0.05) is 12.1 Å². The minimum absolute atomic E-state index is 0.0886. The van der Waals surface area contributed by atoms with Crippen LogP contribution in [0, 0.1) is 0 Å². The molecular weight excluding hydrogens is 190 g/mol. The van der Waals surface area contributed by atoms with Crippen LogP contribution in [0.1, 0.15) is 45.4 Å². The van der Waals surface area contributed by atoms with Gasteiger partial charge in [-0.25, -0.2) is 0 Å². The Labute approximate surface area is 90.8 Å². The zero-order valence-corrected chi connectivity index (χ0v) is 9.33. The molecule has 1 amide bonds. The van der Waals surface area contributed by atoms with E-state index in [0.717, 1.165) is 49.7 Å². The molecule has 0 bridgehead atoms. The molecule has 1 heterocycles. The second-order valence-corrected chi connectivity index (χ2v) is 4.44. The minimum Gasteiger partial charge on any atom is -0.369 e. The van der Waals surface area contributed by atoms with E-state index < -0.39 is 6.23 Å². The fourth-order valence-electron chi connectivity index (χ4n) is 2.48. The standard InChI is InChI=1S/C12H19NO2/c1-2-3-8-13-11(14)9-6-4-5-7-10(9)12(13)15/h11,14H,2-8H2,1H3/t11-/m0/s1. The highest BCUT2D eigenvalue weighted by molar-refractivity contribution is 5.97. The number of hydrogen-bond donors (Lipinski definition) is 1. The number of unbranched alkanes of at least 4 members (excludes halogenated alkanes) is 1. The number of carbonyl (C=O) groups is 1. The Morgan fingerprint density at radius 1 is 1.40 bits per heavy atom. The van der Waals surface area contributed by atoms with Crippen molar-refractivity contribution in [3.63, 3.8) is 0 Å². The van der Waals surface area contributed by atoms with E-state index in [1.54, 1.807) is 4.90 Å². The lowest BCUT2D eigenvalue weighted by Gasteiger charge is -2.22. The highest BCUT2D eigenvalue weighted by Crippen LogP contribution is 2.35. The van der Waals surface area contributed by atoms with Crippen LogP contribution in [-0.2, 0) is 4.79 Å². The van der Waals surface area contributed by atoms with E-state index in [2.05, 4.69) is 6.92 Å². The van der Waals surface area contributed by atoms with Gasteiger partial charge in [0.2, 0.25) is 0 Å². The molecule has 0 saturated carbocycles. The van der Waals surface area contributed by atoms with Gasteiger partial charge < -0.3 is 10.0 Å². The normalized spacial score (nSPS) is 26.1. The third-order valence-corrected chi connectivity index (χ3v) is 3.39. The van der Waals surface area contributed by atoms with Gasteiger partial charge in [0.25, 0.3) is 5.91 Å². The fourth-order valence-corrected chi connectivity index (χ4v) is 2.48. The molecule has 0 spiro atoms. The van der Waals surface area contributed by atoms with E-state index >= 15 is 0 Å². The topological polar surface area (TPSA) is 40.5 Å². The first-order valence-electron chi connectivity index (χ1n) is 5.96. The summed E-state index contributed by atoms with van der Waals surface area (Å²) in [6, 6.07) is 0. The molecule has 15 heavy (non-hydrogen) atoms. The quantitative estimate of drug-likeness (QED) is 0.770. The molecule has 1 aliphatic carbocycles. The fraction of sp³-hybridized carbons (Fsp3) is 0.750. The van der Waals surface area contributed by atoms with Gasteiger partial charge in [-0.2, -0.15) is 0 Å². The van der Waals surface area contributed by atoms with Gasteiger partial charge in [-0.1, -0.05) is 13.3 Å². The highest BCUT2D eigenvalue weighted by atomic mass is 16.3. The lowest BCUT2D eigenvalue weighted by molar-refractivity contribution is -0.132. The van der Waals surface area contributed by atoms with E-state index in [-0.39, 0.29) is 5.91 Å². The third-order valence-electron chi connectivity index (χ3n) is 3.39. The highest BCUT2D eigenvalue weighted by Gasteiger charge is 2.37. The molecule has 1 aliphatic heterocycles. The molecule has 2 rings (SSSR count). The van der Waals surface area contributed by atoms with Crippen LogP contribution < -0.4 is 0 Å². The molecule has 1 atom stereocenters. The maximum atomic E-state index is 12.0. The Kier molecular flexibility index (Phi) is 3.10. The zero-order valence-electron chi connectivity index (χ0n) is 9.33. The van der Waals surface area contributed by atoms with Gasteiger partial charge in [0.05, 0.1) is 0 Å². The molecule has 0 aromatic carbocycles. The summed E-state index contributed by atoms with van der Waals surface area (Å²) in [7, 11) is 0. The number of carbonyl (C=O) groups excluding carboxylic acids is 1. The van der Waals surface area contributed by atoms with Crippen LogP contribution >= 0.6 is 0 Å². The van der Waals surface area contributed by atoms with Crippen LogP contribution in [0.2, 0.25) is 0 Å². The van der Waals surface area contributed by atoms with E-state index in [1.165, 1.54) is 0 Å². The van der Waals surface area contributed by atoms with Crippen molar-refractivity contribution in [3.05, 3.63) is 11.1 Å². The average molecular weight is 209 g/mol. The number of aliphatic hydroxyl groups is 1. The van der Waals surface area contributed by atoms with Gasteiger partial charge in [0.1, 0.15) is 0 Å². The molecule has 0 saturated heterocycles. The Balaban J connectivity index is 2.11. The molecule has 0 fully saturated rings. The first-order chi connectivity index (χ1) is 7.25. The van der Waals surface area contributed by atoms with E-state index in [9.17, 15) is 9.90 Å². The van der Waals surface area contributed by atoms with Crippen LogP contribution in [0.25, 0.3) is 0 Å². The molecule has 84 valence electrons. The molecular formula is C12H19NO2. The molecule has 0 unspecified atom stereocenters. The van der Waals surface area contributed by atoms with E-state index in [4.69, 9.17) is 0 Å². The number of hydrogen-bond acceptors (Lipinski definition) is 2. The maximum Gasteiger partial charge on any atom is 0.252 e. The smallest absolute Gasteiger partial charge is 0.252 e. The molecule has 0 aromatic heterocycles. The molecule has 2 aliphatic rings. The lowest BCUT2D eigenvalue weighted by Crippen LogP contribution is -2.36. The summed E-state index contributed by atoms with van der Waals surface area (Å²) in [5.74, 6) is 0.0886. The summed E-state index contributed by atoms with van der Waals surface area (Å²) in [5.41, 5.74) is 1.91. The van der Waals surface area contributed by atoms with E-state index in [1.807, 2.05) is 0 Å². The summed E-state index contributed by atoms with van der Waals surface area (Å²) >= 11 is 0. The second kappa shape index (κ2) is 4.35. The van der Waals surface area contributed by atoms with Gasteiger partial charge in [0.15, 0.2) is 6.23 Å². The van der Waals surface area contributed by atoms with Crippen LogP contribution in [0.4, 0.5) is 0 Å². The van der Waals surface area contributed by atoms with Gasteiger partial charge in [-0.15, -0.1) is 0 Å². The predicted octanol–water partition coefficient (Wildman–Crippen LogP) is 1.82. The van der Waals surface area contributed by atoms with Crippen molar-refractivity contribution in [1.82, 2.24) is 4.90 Å². The number of nitrogens with zero attached hydrogens (tertiary/aromatic N) is 1. The summed E-state index contributed by atoms with van der Waals surface area (Å²) < 4.78 is 0. The Hall–Kier alpha value is -0.830. The third kappa shape index (κ3) is 1.81. The van der Waals surface area contributed by atoms with Gasteiger partial charge in [-0.3, -0.25) is 4.79 Å². The van der Waals surface area contributed by atoms with Crippen molar-refractivity contribution in [2.45, 2.75) is 51.7 Å². The number of rotatable bonds is 3.